The van der Waals surface area contributed by atoms with Crippen molar-refractivity contribution in [2.24, 2.45) is 5.92 Å². The van der Waals surface area contributed by atoms with Crippen LogP contribution < -0.4 is 5.32 Å². The second-order valence-electron chi connectivity index (χ2n) is 4.70. The van der Waals surface area contributed by atoms with Crippen LogP contribution >= 0.6 is 23.2 Å². The molecular formula is C13H16Cl2FN. The highest BCUT2D eigenvalue weighted by Crippen LogP contribution is 2.32. The predicted molar refractivity (Wildman–Crippen MR) is 70.2 cm³/mol. The highest BCUT2D eigenvalue weighted by molar-refractivity contribution is 6.35. The smallest absolute Gasteiger partial charge is 0.142 e. The van der Waals surface area contributed by atoms with Gasteiger partial charge in [0.15, 0.2) is 0 Å². The van der Waals surface area contributed by atoms with Gasteiger partial charge in [-0.25, -0.2) is 4.39 Å². The number of hydrogen-bond donors (Lipinski definition) is 1. The van der Waals surface area contributed by atoms with Crippen molar-refractivity contribution in [1.82, 2.24) is 5.32 Å². The van der Waals surface area contributed by atoms with Crippen molar-refractivity contribution in [2.75, 3.05) is 6.54 Å². The molecule has 1 aromatic carbocycles. The first kappa shape index (κ1) is 13.1. The van der Waals surface area contributed by atoms with E-state index in [-0.39, 0.29) is 11.1 Å². The summed E-state index contributed by atoms with van der Waals surface area (Å²) in [7, 11) is 0. The molecule has 1 nitrogen and oxygen atoms in total. The fraction of sp³-hybridized carbons (Fsp3) is 0.538. The van der Waals surface area contributed by atoms with Crippen LogP contribution in [0.4, 0.5) is 4.39 Å². The van der Waals surface area contributed by atoms with Gasteiger partial charge >= 0.3 is 0 Å². The number of rotatable bonds is 5. The van der Waals surface area contributed by atoms with Crippen LogP contribution in [0.3, 0.4) is 0 Å². The number of benzene rings is 1. The van der Waals surface area contributed by atoms with Gasteiger partial charge in [0.1, 0.15) is 5.82 Å². The number of nitrogens with one attached hydrogen (secondary N) is 1. The van der Waals surface area contributed by atoms with Crippen LogP contribution in [-0.2, 0) is 0 Å². The second kappa shape index (κ2) is 5.55. The van der Waals surface area contributed by atoms with E-state index in [4.69, 9.17) is 23.2 Å². The maximum absolute atomic E-state index is 13.4. The molecule has 1 aliphatic rings. The average molecular weight is 276 g/mol. The minimum Gasteiger partial charge on any atom is -0.310 e. The van der Waals surface area contributed by atoms with Crippen LogP contribution in [0.15, 0.2) is 12.1 Å². The largest absolute Gasteiger partial charge is 0.310 e. The van der Waals surface area contributed by atoms with Gasteiger partial charge in [-0.3, -0.25) is 0 Å². The summed E-state index contributed by atoms with van der Waals surface area (Å²) >= 11 is 11.7. The molecule has 1 unspecified atom stereocenters. The van der Waals surface area contributed by atoms with E-state index in [1.807, 2.05) is 6.92 Å². The van der Waals surface area contributed by atoms with Crippen molar-refractivity contribution in [3.63, 3.8) is 0 Å². The summed E-state index contributed by atoms with van der Waals surface area (Å²) in [6.45, 7) is 2.94. The zero-order chi connectivity index (χ0) is 12.4. The Morgan fingerprint density at radius 2 is 2.06 bits per heavy atom. The van der Waals surface area contributed by atoms with Gasteiger partial charge < -0.3 is 5.32 Å². The molecule has 1 aromatic rings. The lowest BCUT2D eigenvalue weighted by atomic mass is 10.1. The summed E-state index contributed by atoms with van der Waals surface area (Å²) in [5.41, 5.74) is 0.768. The van der Waals surface area contributed by atoms with Crippen LogP contribution in [0.2, 0.25) is 10.0 Å². The zero-order valence-corrected chi connectivity index (χ0v) is 11.3. The van der Waals surface area contributed by atoms with E-state index in [9.17, 15) is 4.39 Å². The summed E-state index contributed by atoms with van der Waals surface area (Å²) in [5, 5.41) is 3.95. The van der Waals surface area contributed by atoms with Crippen molar-refractivity contribution in [3.05, 3.63) is 33.6 Å². The molecule has 0 aromatic heterocycles. The van der Waals surface area contributed by atoms with Crippen LogP contribution in [0.1, 0.15) is 37.8 Å². The summed E-state index contributed by atoms with van der Waals surface area (Å²) in [4.78, 5) is 0. The van der Waals surface area contributed by atoms with Gasteiger partial charge in [0.05, 0.1) is 5.02 Å². The molecule has 0 heterocycles. The lowest BCUT2D eigenvalue weighted by Crippen LogP contribution is -2.20. The molecule has 1 aliphatic carbocycles. The van der Waals surface area contributed by atoms with E-state index in [0.29, 0.717) is 5.02 Å². The Bertz CT molecular complexity index is 405. The lowest BCUT2D eigenvalue weighted by molar-refractivity contribution is 0.535. The summed E-state index contributed by atoms with van der Waals surface area (Å²) in [6, 6.07) is 2.93. The first-order valence-electron chi connectivity index (χ1n) is 5.95. The Kier molecular flexibility index (Phi) is 4.29. The topological polar surface area (TPSA) is 12.0 Å². The molecule has 1 saturated carbocycles. The quantitative estimate of drug-likeness (QED) is 0.776. The number of hydrogen-bond acceptors (Lipinski definition) is 1. The summed E-state index contributed by atoms with van der Waals surface area (Å²) in [6.07, 6.45) is 3.90. The van der Waals surface area contributed by atoms with Crippen molar-refractivity contribution < 1.29 is 4.39 Å². The predicted octanol–water partition coefficient (Wildman–Crippen LogP) is 4.58. The van der Waals surface area contributed by atoms with Crippen molar-refractivity contribution in [1.29, 1.82) is 0 Å². The molecular weight excluding hydrogens is 260 g/mol. The molecule has 0 aliphatic heterocycles. The average Bonchev–Trinajstić information content (AvgIpc) is 3.07. The monoisotopic (exact) mass is 275 g/mol. The Labute approximate surface area is 111 Å². The standard InChI is InChI=1S/C13H16Cl2FN/c1-8(17-5-4-9-2-3-9)10-6-13(16)12(15)7-11(10)14/h6-9,17H,2-5H2,1H3. The van der Waals surface area contributed by atoms with Gasteiger partial charge in [-0.1, -0.05) is 36.0 Å². The van der Waals surface area contributed by atoms with Crippen LogP contribution in [-0.4, -0.2) is 6.54 Å². The summed E-state index contributed by atoms with van der Waals surface area (Å²) in [5.74, 6) is 0.481. The molecule has 4 heteroatoms. The molecule has 1 fully saturated rings. The molecule has 0 bridgehead atoms. The molecule has 0 spiro atoms. The van der Waals surface area contributed by atoms with E-state index in [0.717, 1.165) is 18.0 Å². The van der Waals surface area contributed by atoms with Gasteiger partial charge in [-0.05, 0) is 43.5 Å². The van der Waals surface area contributed by atoms with Crippen molar-refractivity contribution >= 4 is 23.2 Å². The fourth-order valence-electron chi connectivity index (χ4n) is 1.89. The fourth-order valence-corrected chi connectivity index (χ4v) is 2.44. The van der Waals surface area contributed by atoms with Crippen molar-refractivity contribution in [2.45, 2.75) is 32.2 Å². The zero-order valence-electron chi connectivity index (χ0n) is 9.77. The Balaban J connectivity index is 1.96. The van der Waals surface area contributed by atoms with Crippen LogP contribution in [0.25, 0.3) is 0 Å². The minimum atomic E-state index is -0.415. The third kappa shape index (κ3) is 3.57. The van der Waals surface area contributed by atoms with Crippen LogP contribution in [0, 0.1) is 11.7 Å². The van der Waals surface area contributed by atoms with Gasteiger partial charge in [-0.15, -0.1) is 0 Å². The maximum atomic E-state index is 13.4. The molecule has 94 valence electrons. The SMILES string of the molecule is CC(NCCC1CC1)c1cc(F)c(Cl)cc1Cl. The van der Waals surface area contributed by atoms with Gasteiger partial charge in [0, 0.05) is 11.1 Å². The van der Waals surface area contributed by atoms with E-state index < -0.39 is 5.82 Å². The Morgan fingerprint density at radius 1 is 1.35 bits per heavy atom. The highest BCUT2D eigenvalue weighted by atomic mass is 35.5. The van der Waals surface area contributed by atoms with E-state index >= 15 is 0 Å². The normalized spacial score (nSPS) is 17.2. The highest BCUT2D eigenvalue weighted by Gasteiger charge is 2.21. The molecule has 0 amide bonds. The van der Waals surface area contributed by atoms with E-state index in [1.54, 1.807) is 0 Å². The van der Waals surface area contributed by atoms with E-state index in [2.05, 4.69) is 5.32 Å². The van der Waals surface area contributed by atoms with E-state index in [1.165, 1.54) is 31.4 Å². The second-order valence-corrected chi connectivity index (χ2v) is 5.51. The first-order valence-corrected chi connectivity index (χ1v) is 6.71. The molecule has 0 radical (unpaired) electrons. The first-order chi connectivity index (χ1) is 8.08. The molecule has 0 saturated heterocycles. The third-order valence-electron chi connectivity index (χ3n) is 3.21. The maximum Gasteiger partial charge on any atom is 0.142 e. The molecule has 1 atom stereocenters. The lowest BCUT2D eigenvalue weighted by Gasteiger charge is -2.16. The molecule has 17 heavy (non-hydrogen) atoms. The third-order valence-corrected chi connectivity index (χ3v) is 3.82. The Hall–Kier alpha value is -0.310. The summed E-state index contributed by atoms with van der Waals surface area (Å²) < 4.78 is 13.4. The molecule has 2 rings (SSSR count). The van der Waals surface area contributed by atoms with Crippen molar-refractivity contribution in [3.8, 4) is 0 Å². The van der Waals surface area contributed by atoms with Gasteiger partial charge in [-0.2, -0.15) is 0 Å². The minimum absolute atomic E-state index is 0.0491. The molecule has 1 N–H and O–H groups in total. The van der Waals surface area contributed by atoms with Crippen LogP contribution in [0.5, 0.6) is 0 Å². The van der Waals surface area contributed by atoms with Gasteiger partial charge in [0.25, 0.3) is 0 Å². The van der Waals surface area contributed by atoms with Gasteiger partial charge in [0.2, 0.25) is 0 Å². The number of halogens is 3. The Morgan fingerprint density at radius 3 is 2.71 bits per heavy atom.